The van der Waals surface area contributed by atoms with E-state index in [4.69, 9.17) is 9.47 Å². The Morgan fingerprint density at radius 3 is 2.85 bits per heavy atom. The molecular weight excluding hydrogens is 260 g/mol. The van der Waals surface area contributed by atoms with Crippen LogP contribution < -0.4 is 10.1 Å². The van der Waals surface area contributed by atoms with E-state index < -0.39 is 12.0 Å². The highest BCUT2D eigenvalue weighted by molar-refractivity contribution is 5.94. The Morgan fingerprint density at radius 1 is 1.35 bits per heavy atom. The van der Waals surface area contributed by atoms with Crippen molar-refractivity contribution in [1.29, 1.82) is 0 Å². The summed E-state index contributed by atoms with van der Waals surface area (Å²) in [5, 5.41) is 2.61. The lowest BCUT2D eigenvalue weighted by Crippen LogP contribution is -2.33. The molecule has 0 spiro atoms. The van der Waals surface area contributed by atoms with E-state index in [1.807, 2.05) is 31.2 Å². The maximum Gasteiger partial charge on any atom is 0.339 e. The van der Waals surface area contributed by atoms with Gasteiger partial charge >= 0.3 is 12.0 Å². The third kappa shape index (κ3) is 1.72. The van der Waals surface area contributed by atoms with Crippen LogP contribution in [-0.2, 0) is 9.53 Å². The van der Waals surface area contributed by atoms with E-state index in [-0.39, 0.29) is 12.1 Å². The second-order valence-electron chi connectivity index (χ2n) is 4.65. The summed E-state index contributed by atoms with van der Waals surface area (Å²) < 4.78 is 10.2. The van der Waals surface area contributed by atoms with Gasteiger partial charge in [0.05, 0.1) is 18.8 Å². The Balaban J connectivity index is 1.96. The molecule has 2 aliphatic rings. The molecule has 2 amide bonds. The number of carbonyl (C=O) groups is 2. The average molecular weight is 274 g/mol. The lowest BCUT2D eigenvalue weighted by molar-refractivity contribution is -0.136. The number of cyclic esters (lactones) is 1. The molecule has 2 aliphatic heterocycles. The van der Waals surface area contributed by atoms with Crippen LogP contribution in [0.1, 0.15) is 18.5 Å². The normalized spacial score (nSPS) is 22.0. The number of methoxy groups -OCH3 is 1. The molecule has 0 radical (unpaired) electrons. The SMILES string of the molecule is COc1ccccc1[C@@H](C)N1C(=O)NC2C(=O)OC=C21. The van der Waals surface area contributed by atoms with Crippen LogP contribution in [-0.4, -0.2) is 30.1 Å². The first kappa shape index (κ1) is 12.5. The third-order valence-corrected chi connectivity index (χ3v) is 3.57. The van der Waals surface area contributed by atoms with Gasteiger partial charge in [-0.05, 0) is 13.0 Å². The highest BCUT2D eigenvalue weighted by Gasteiger charge is 2.46. The number of benzene rings is 1. The standard InChI is InChI=1S/C14H14N2O4/c1-8(9-5-3-4-6-11(9)19-2)16-10-7-20-13(17)12(10)15-14(16)18/h3-8,12H,1-2H3,(H,15,18)/t8-,12?/m1/s1. The van der Waals surface area contributed by atoms with Gasteiger partial charge in [-0.2, -0.15) is 0 Å². The van der Waals surface area contributed by atoms with Crippen LogP contribution in [0.3, 0.4) is 0 Å². The highest BCUT2D eigenvalue weighted by Crippen LogP contribution is 2.36. The van der Waals surface area contributed by atoms with Crippen LogP contribution in [0.15, 0.2) is 36.2 Å². The number of carbonyl (C=O) groups excluding carboxylic acids is 2. The predicted molar refractivity (Wildman–Crippen MR) is 69.7 cm³/mol. The van der Waals surface area contributed by atoms with Crippen molar-refractivity contribution in [2.45, 2.75) is 19.0 Å². The lowest BCUT2D eigenvalue weighted by Gasteiger charge is -2.25. The molecule has 1 aromatic carbocycles. The maximum atomic E-state index is 12.1. The van der Waals surface area contributed by atoms with Crippen LogP contribution in [0.5, 0.6) is 5.75 Å². The molecular formula is C14H14N2O4. The molecule has 3 rings (SSSR count). The van der Waals surface area contributed by atoms with Crippen molar-refractivity contribution in [2.75, 3.05) is 7.11 Å². The quantitative estimate of drug-likeness (QED) is 0.849. The van der Waals surface area contributed by atoms with Crippen LogP contribution in [0.4, 0.5) is 4.79 Å². The Hall–Kier alpha value is -2.50. The number of esters is 1. The van der Waals surface area contributed by atoms with Crippen molar-refractivity contribution in [3.63, 3.8) is 0 Å². The molecule has 1 saturated heterocycles. The zero-order chi connectivity index (χ0) is 14.3. The van der Waals surface area contributed by atoms with E-state index in [0.717, 1.165) is 5.56 Å². The fourth-order valence-electron chi connectivity index (χ4n) is 2.56. The first-order chi connectivity index (χ1) is 9.63. The first-order valence-electron chi connectivity index (χ1n) is 6.26. The van der Waals surface area contributed by atoms with E-state index in [1.165, 1.54) is 11.2 Å². The van der Waals surface area contributed by atoms with Gasteiger partial charge in [0.2, 0.25) is 0 Å². The van der Waals surface area contributed by atoms with Crippen molar-refractivity contribution >= 4 is 12.0 Å². The minimum Gasteiger partial charge on any atom is -0.496 e. The molecule has 104 valence electrons. The van der Waals surface area contributed by atoms with Crippen LogP contribution in [0, 0.1) is 0 Å². The number of fused-ring (bicyclic) bond motifs is 1. The molecule has 1 aromatic rings. The van der Waals surface area contributed by atoms with Crippen LogP contribution in [0.25, 0.3) is 0 Å². The summed E-state index contributed by atoms with van der Waals surface area (Å²) in [6.07, 6.45) is 1.33. The maximum absolute atomic E-state index is 12.1. The number of urea groups is 1. The molecule has 20 heavy (non-hydrogen) atoms. The van der Waals surface area contributed by atoms with Gasteiger partial charge in [0.1, 0.15) is 12.0 Å². The first-order valence-corrected chi connectivity index (χ1v) is 6.26. The van der Waals surface area contributed by atoms with Crippen molar-refractivity contribution in [3.05, 3.63) is 41.8 Å². The van der Waals surface area contributed by atoms with E-state index in [1.54, 1.807) is 7.11 Å². The van der Waals surface area contributed by atoms with E-state index in [0.29, 0.717) is 11.4 Å². The van der Waals surface area contributed by atoms with Crippen LogP contribution in [0.2, 0.25) is 0 Å². The van der Waals surface area contributed by atoms with E-state index in [9.17, 15) is 9.59 Å². The molecule has 1 fully saturated rings. The number of hydrogen-bond acceptors (Lipinski definition) is 4. The number of amides is 2. The van der Waals surface area contributed by atoms with Gasteiger partial charge in [0.15, 0.2) is 6.04 Å². The van der Waals surface area contributed by atoms with Crippen molar-refractivity contribution in [3.8, 4) is 5.75 Å². The second kappa shape index (κ2) is 4.56. The van der Waals surface area contributed by atoms with Crippen molar-refractivity contribution in [1.82, 2.24) is 10.2 Å². The molecule has 2 atom stereocenters. The average Bonchev–Trinajstić information content (AvgIpc) is 2.97. The Bertz CT molecular complexity index is 611. The topological polar surface area (TPSA) is 67.9 Å². The molecule has 0 bridgehead atoms. The van der Waals surface area contributed by atoms with Crippen molar-refractivity contribution in [2.24, 2.45) is 0 Å². The minimum atomic E-state index is -0.695. The molecule has 1 unspecified atom stereocenters. The summed E-state index contributed by atoms with van der Waals surface area (Å²) >= 11 is 0. The largest absolute Gasteiger partial charge is 0.496 e. The third-order valence-electron chi connectivity index (χ3n) is 3.57. The summed E-state index contributed by atoms with van der Waals surface area (Å²) in [6, 6.07) is 6.20. The lowest BCUT2D eigenvalue weighted by atomic mass is 10.1. The smallest absolute Gasteiger partial charge is 0.339 e. The molecule has 0 saturated carbocycles. The summed E-state index contributed by atoms with van der Waals surface area (Å²) in [6.45, 7) is 1.88. The highest BCUT2D eigenvalue weighted by atomic mass is 16.5. The van der Waals surface area contributed by atoms with Gasteiger partial charge in [0.25, 0.3) is 0 Å². The molecule has 6 heteroatoms. The molecule has 6 nitrogen and oxygen atoms in total. The second-order valence-corrected chi connectivity index (χ2v) is 4.65. The Morgan fingerprint density at radius 2 is 2.10 bits per heavy atom. The molecule has 0 aromatic heterocycles. The number of nitrogens with one attached hydrogen (secondary N) is 1. The summed E-state index contributed by atoms with van der Waals surface area (Å²) in [5.74, 6) is 0.241. The Labute approximate surface area is 116 Å². The number of para-hydroxylation sites is 1. The van der Waals surface area contributed by atoms with Gasteiger partial charge in [-0.15, -0.1) is 0 Å². The van der Waals surface area contributed by atoms with Gasteiger partial charge in [0, 0.05) is 5.56 Å². The predicted octanol–water partition coefficient (Wildman–Crippen LogP) is 1.55. The molecule has 2 heterocycles. The van der Waals surface area contributed by atoms with Crippen molar-refractivity contribution < 1.29 is 19.1 Å². The summed E-state index contributed by atoms with van der Waals surface area (Å²) in [4.78, 5) is 25.1. The molecule has 0 aliphatic carbocycles. The van der Waals surface area contributed by atoms with Crippen LogP contribution >= 0.6 is 0 Å². The number of rotatable bonds is 3. The number of hydrogen-bond donors (Lipinski definition) is 1. The Kier molecular flexibility index (Phi) is 2.85. The van der Waals surface area contributed by atoms with E-state index >= 15 is 0 Å². The van der Waals surface area contributed by atoms with Gasteiger partial charge in [-0.1, -0.05) is 18.2 Å². The zero-order valence-corrected chi connectivity index (χ0v) is 11.1. The fourth-order valence-corrected chi connectivity index (χ4v) is 2.56. The van der Waals surface area contributed by atoms with Gasteiger partial charge < -0.3 is 14.8 Å². The number of nitrogens with zero attached hydrogens (tertiary/aromatic N) is 1. The number of ether oxygens (including phenoxy) is 2. The minimum absolute atomic E-state index is 0.267. The summed E-state index contributed by atoms with van der Waals surface area (Å²) in [7, 11) is 1.58. The van der Waals surface area contributed by atoms with Gasteiger partial charge in [-0.3, -0.25) is 4.90 Å². The molecule has 1 N–H and O–H groups in total. The van der Waals surface area contributed by atoms with E-state index in [2.05, 4.69) is 5.32 Å². The van der Waals surface area contributed by atoms with Gasteiger partial charge in [-0.25, -0.2) is 9.59 Å². The monoisotopic (exact) mass is 274 g/mol. The summed E-state index contributed by atoms with van der Waals surface area (Å²) in [5.41, 5.74) is 1.41. The zero-order valence-electron chi connectivity index (χ0n) is 11.1. The fraction of sp³-hybridized carbons (Fsp3) is 0.286.